The summed E-state index contributed by atoms with van der Waals surface area (Å²) in [6.45, 7) is 13.1. The molecule has 0 aliphatic heterocycles. The van der Waals surface area contributed by atoms with E-state index in [4.69, 9.17) is 0 Å². The van der Waals surface area contributed by atoms with E-state index < -0.39 is 5.60 Å². The summed E-state index contributed by atoms with van der Waals surface area (Å²) in [6.07, 6.45) is 16.9. The van der Waals surface area contributed by atoms with Crippen LogP contribution in [0.3, 0.4) is 0 Å². The number of fused-ring (bicyclic) bond motifs is 1. The third-order valence-electron chi connectivity index (χ3n) is 8.36. The number of hydrogen-bond donors (Lipinski definition) is 2. The zero-order chi connectivity index (χ0) is 21.2. The van der Waals surface area contributed by atoms with Crippen LogP contribution >= 0.6 is 0 Å². The van der Waals surface area contributed by atoms with Gasteiger partial charge in [0.15, 0.2) is 0 Å². The van der Waals surface area contributed by atoms with Gasteiger partial charge < -0.3 is 10.2 Å². The molecular weight excluding hydrogens is 356 g/mol. The van der Waals surface area contributed by atoms with Crippen molar-refractivity contribution in [2.75, 3.05) is 0 Å². The van der Waals surface area contributed by atoms with Crippen molar-refractivity contribution in [1.82, 2.24) is 0 Å². The first kappa shape index (κ1) is 22.8. The summed E-state index contributed by atoms with van der Waals surface area (Å²) in [6, 6.07) is 0. The highest BCUT2D eigenvalue weighted by Gasteiger charge is 2.50. The highest BCUT2D eigenvalue weighted by atomic mass is 16.3. The van der Waals surface area contributed by atoms with Gasteiger partial charge in [0.1, 0.15) is 0 Å². The fourth-order valence-electron chi connectivity index (χ4n) is 6.67. The summed E-state index contributed by atoms with van der Waals surface area (Å²) in [5.41, 5.74) is 4.02. The number of rotatable bonds is 6. The molecule has 3 saturated carbocycles. The second-order valence-corrected chi connectivity index (χ2v) is 11.2. The fraction of sp³-hybridized carbons (Fsp3) is 0.778. The molecule has 3 aliphatic carbocycles. The third kappa shape index (κ3) is 5.44. The molecule has 3 aliphatic rings. The van der Waals surface area contributed by atoms with Gasteiger partial charge in [-0.1, -0.05) is 56.6 Å². The molecule has 0 saturated heterocycles. The highest BCUT2D eigenvalue weighted by Crippen LogP contribution is 2.60. The zero-order valence-corrected chi connectivity index (χ0v) is 19.3. The predicted octanol–water partition coefficient (Wildman–Crippen LogP) is 6.73. The second-order valence-electron chi connectivity index (χ2n) is 11.2. The molecule has 3 rings (SSSR count). The van der Waals surface area contributed by atoms with Gasteiger partial charge in [-0.2, -0.15) is 0 Å². The Morgan fingerprint density at radius 1 is 1.21 bits per heavy atom. The van der Waals surface area contributed by atoms with E-state index in [-0.39, 0.29) is 6.10 Å². The zero-order valence-electron chi connectivity index (χ0n) is 19.3. The molecule has 0 aromatic heterocycles. The molecule has 29 heavy (non-hydrogen) atoms. The van der Waals surface area contributed by atoms with Crippen LogP contribution in [-0.4, -0.2) is 21.9 Å². The third-order valence-corrected chi connectivity index (χ3v) is 8.36. The molecule has 164 valence electrons. The van der Waals surface area contributed by atoms with Crippen LogP contribution in [0.25, 0.3) is 0 Å². The number of hydrogen-bond acceptors (Lipinski definition) is 2. The predicted molar refractivity (Wildman–Crippen MR) is 123 cm³/mol. The van der Waals surface area contributed by atoms with Crippen LogP contribution in [0.4, 0.5) is 0 Å². The van der Waals surface area contributed by atoms with Crippen molar-refractivity contribution in [2.45, 2.75) is 110 Å². The Labute approximate surface area is 179 Å². The van der Waals surface area contributed by atoms with E-state index in [0.29, 0.717) is 5.41 Å². The highest BCUT2D eigenvalue weighted by molar-refractivity contribution is 5.36. The van der Waals surface area contributed by atoms with Crippen molar-refractivity contribution in [2.24, 2.45) is 23.2 Å². The first-order chi connectivity index (χ1) is 13.6. The summed E-state index contributed by atoms with van der Waals surface area (Å²) in [5.74, 6) is 2.26. The smallest absolute Gasteiger partial charge is 0.0591 e. The minimum atomic E-state index is -0.535. The Morgan fingerprint density at radius 2 is 1.97 bits per heavy atom. The molecule has 0 bridgehead atoms. The van der Waals surface area contributed by atoms with E-state index in [1.165, 1.54) is 49.7 Å². The van der Waals surface area contributed by atoms with Crippen LogP contribution in [0.5, 0.6) is 0 Å². The molecule has 5 atom stereocenters. The Hall–Kier alpha value is -0.860. The maximum atomic E-state index is 10.0. The van der Waals surface area contributed by atoms with E-state index in [1.54, 1.807) is 5.57 Å². The van der Waals surface area contributed by atoms with Gasteiger partial charge in [0.25, 0.3) is 0 Å². The summed E-state index contributed by atoms with van der Waals surface area (Å²) < 4.78 is 0. The van der Waals surface area contributed by atoms with Crippen molar-refractivity contribution >= 4 is 0 Å². The summed E-state index contributed by atoms with van der Waals surface area (Å²) >= 11 is 0. The van der Waals surface area contributed by atoms with Crippen molar-refractivity contribution in [3.63, 3.8) is 0 Å². The van der Waals surface area contributed by atoms with Gasteiger partial charge in [-0.15, -0.1) is 0 Å². The fourth-order valence-corrected chi connectivity index (χ4v) is 6.67. The largest absolute Gasteiger partial charge is 0.393 e. The van der Waals surface area contributed by atoms with Crippen LogP contribution in [0.15, 0.2) is 35.5 Å². The van der Waals surface area contributed by atoms with Crippen molar-refractivity contribution in [3.8, 4) is 0 Å². The van der Waals surface area contributed by atoms with Gasteiger partial charge in [0.2, 0.25) is 0 Å². The van der Waals surface area contributed by atoms with Crippen LogP contribution in [0.2, 0.25) is 0 Å². The van der Waals surface area contributed by atoms with Gasteiger partial charge >= 0.3 is 0 Å². The average molecular weight is 401 g/mol. The van der Waals surface area contributed by atoms with Crippen LogP contribution in [0.1, 0.15) is 98.3 Å². The topological polar surface area (TPSA) is 40.5 Å². The summed E-state index contributed by atoms with van der Waals surface area (Å²) in [4.78, 5) is 0. The van der Waals surface area contributed by atoms with Gasteiger partial charge in [-0.25, -0.2) is 0 Å². The van der Waals surface area contributed by atoms with Crippen molar-refractivity contribution < 1.29 is 10.2 Å². The minimum absolute atomic E-state index is 0.192. The van der Waals surface area contributed by atoms with E-state index >= 15 is 0 Å². The quantitative estimate of drug-likeness (QED) is 0.518. The van der Waals surface area contributed by atoms with E-state index in [2.05, 4.69) is 32.6 Å². The molecule has 2 heteroatoms. The molecule has 2 nitrogen and oxygen atoms in total. The van der Waals surface area contributed by atoms with Gasteiger partial charge in [-0.3, -0.25) is 0 Å². The van der Waals surface area contributed by atoms with Crippen LogP contribution in [0, 0.1) is 23.2 Å². The average Bonchev–Trinajstić information content (AvgIpc) is 2.99. The van der Waals surface area contributed by atoms with E-state index in [1.807, 2.05) is 13.8 Å². The Bertz CT molecular complexity index is 650. The molecule has 0 amide bonds. The molecule has 0 aromatic carbocycles. The Kier molecular flexibility index (Phi) is 7.16. The number of aliphatic hydroxyl groups excluding tert-OH is 1. The molecule has 0 spiro atoms. The maximum Gasteiger partial charge on any atom is 0.0591 e. The maximum absolute atomic E-state index is 10.0. The van der Waals surface area contributed by atoms with E-state index in [0.717, 1.165) is 49.9 Å². The number of allylic oxidation sites excluding steroid dienone is 4. The normalized spacial score (nSPS) is 37.2. The first-order valence-electron chi connectivity index (χ1n) is 12.1. The monoisotopic (exact) mass is 400 g/mol. The lowest BCUT2D eigenvalue weighted by Gasteiger charge is -2.44. The molecule has 2 N–H and O–H groups in total. The van der Waals surface area contributed by atoms with Gasteiger partial charge in [0.05, 0.1) is 11.7 Å². The summed E-state index contributed by atoms with van der Waals surface area (Å²) in [5, 5.41) is 20.1. The Balaban J connectivity index is 1.68. The van der Waals surface area contributed by atoms with E-state index in [9.17, 15) is 10.2 Å². The lowest BCUT2D eigenvalue weighted by Crippen LogP contribution is -2.36. The van der Waals surface area contributed by atoms with Crippen LogP contribution in [-0.2, 0) is 0 Å². The van der Waals surface area contributed by atoms with Crippen LogP contribution < -0.4 is 0 Å². The van der Waals surface area contributed by atoms with Crippen molar-refractivity contribution in [1.29, 1.82) is 0 Å². The minimum Gasteiger partial charge on any atom is -0.393 e. The molecule has 0 aromatic rings. The molecule has 3 fully saturated rings. The van der Waals surface area contributed by atoms with Gasteiger partial charge in [-0.05, 0) is 100 Å². The lowest BCUT2D eigenvalue weighted by atomic mass is 9.60. The van der Waals surface area contributed by atoms with Crippen molar-refractivity contribution in [3.05, 3.63) is 35.5 Å². The molecule has 5 unspecified atom stereocenters. The summed E-state index contributed by atoms with van der Waals surface area (Å²) in [7, 11) is 0. The number of aliphatic hydroxyl groups is 2. The lowest BCUT2D eigenvalue weighted by molar-refractivity contribution is 0.0596. The molecule has 0 heterocycles. The first-order valence-corrected chi connectivity index (χ1v) is 12.1. The van der Waals surface area contributed by atoms with Gasteiger partial charge in [0, 0.05) is 0 Å². The molecule has 0 radical (unpaired) electrons. The molecular formula is C27H44O2. The Morgan fingerprint density at radius 3 is 2.69 bits per heavy atom. The second kappa shape index (κ2) is 9.10. The standard InChI is InChI=1S/C27H44O2/c1-19-10-13-23(28)18-22(19)12-11-21-9-7-17-27(5)24(14-15-25(21)27)20(2)8-6-16-26(3,4)29/h11-12,20,23-25,28-29H,1,6-10,13-18H2,2-5H3/b21-11+,22-12?. The SMILES string of the molecule is C=C1CCC(O)CC1=C/C=C1\CCCC2(C)C1CCC2C(C)CCCC(C)(C)O.